The first-order valence-electron chi connectivity index (χ1n) is 7.19. The van der Waals surface area contributed by atoms with E-state index >= 15 is 0 Å². The maximum atomic E-state index is 11.1. The number of rotatable bonds is 3. The molecule has 0 bridgehead atoms. The van der Waals surface area contributed by atoms with Crippen LogP contribution in [0.25, 0.3) is 0 Å². The Balaban J connectivity index is 1.55. The molecule has 0 aliphatic carbocycles. The van der Waals surface area contributed by atoms with Crippen LogP contribution in [0.15, 0.2) is 48.5 Å². The van der Waals surface area contributed by atoms with Gasteiger partial charge in [0.15, 0.2) is 5.75 Å². The van der Waals surface area contributed by atoms with E-state index in [9.17, 15) is 5.11 Å². The first-order valence-corrected chi connectivity index (χ1v) is 7.57. The molecule has 0 amide bonds. The Labute approximate surface area is 130 Å². The van der Waals surface area contributed by atoms with Gasteiger partial charge < -0.3 is 4.90 Å². The molecule has 1 heterocycles. The van der Waals surface area contributed by atoms with Crippen LogP contribution in [0.1, 0.15) is 5.56 Å². The van der Waals surface area contributed by atoms with E-state index in [1.807, 2.05) is 24.3 Å². The molecule has 3 nitrogen and oxygen atoms in total. The number of anilines is 1. The lowest BCUT2D eigenvalue weighted by Gasteiger charge is -2.36. The van der Waals surface area contributed by atoms with Gasteiger partial charge in [0.25, 0.3) is 0 Å². The highest BCUT2D eigenvalue weighted by molar-refractivity contribution is 6.30. The highest BCUT2D eigenvalue weighted by atomic mass is 35.5. The number of benzene rings is 2. The molecule has 0 atom stereocenters. The van der Waals surface area contributed by atoms with Crippen molar-refractivity contribution in [3.8, 4) is 5.75 Å². The molecule has 4 heteroatoms. The molecule has 2 aromatic rings. The summed E-state index contributed by atoms with van der Waals surface area (Å²) in [5.41, 5.74) is 2.43. The van der Waals surface area contributed by atoms with Crippen LogP contribution in [0, 0.1) is 0 Å². The van der Waals surface area contributed by atoms with Gasteiger partial charge in [-0.15, -0.1) is 0 Å². The zero-order chi connectivity index (χ0) is 14.7. The Morgan fingerprint density at radius 3 is 2.10 bits per heavy atom. The lowest BCUT2D eigenvalue weighted by Crippen LogP contribution is -2.45. The van der Waals surface area contributed by atoms with Crippen LogP contribution in [0.2, 0.25) is 5.02 Å². The van der Waals surface area contributed by atoms with E-state index in [1.165, 1.54) is 5.56 Å². The van der Waals surface area contributed by atoms with Gasteiger partial charge in [0.1, 0.15) is 0 Å². The summed E-state index contributed by atoms with van der Waals surface area (Å²) >= 11 is 5.91. The molecular formula is C17H18ClN2O. The lowest BCUT2D eigenvalue weighted by atomic mass is 10.2. The van der Waals surface area contributed by atoms with Crippen molar-refractivity contribution in [2.24, 2.45) is 0 Å². The molecule has 1 aliphatic heterocycles. The predicted octanol–water partition coefficient (Wildman–Crippen LogP) is 3.81. The van der Waals surface area contributed by atoms with Gasteiger partial charge in [0, 0.05) is 43.4 Å². The first kappa shape index (κ1) is 14.2. The summed E-state index contributed by atoms with van der Waals surface area (Å²) in [6.07, 6.45) is 0. The molecule has 1 saturated heterocycles. The smallest absolute Gasteiger partial charge is 0.178 e. The van der Waals surface area contributed by atoms with Crippen molar-refractivity contribution >= 4 is 17.3 Å². The Hall–Kier alpha value is -1.71. The molecule has 1 fully saturated rings. The van der Waals surface area contributed by atoms with Crippen molar-refractivity contribution in [1.29, 1.82) is 0 Å². The lowest BCUT2D eigenvalue weighted by molar-refractivity contribution is 0.250. The Morgan fingerprint density at radius 1 is 0.857 bits per heavy atom. The minimum Gasteiger partial charge on any atom is -0.369 e. The molecule has 1 radical (unpaired) electrons. The van der Waals surface area contributed by atoms with E-state index in [2.05, 4.69) is 21.9 Å². The largest absolute Gasteiger partial charge is 0.369 e. The second-order valence-electron chi connectivity index (χ2n) is 5.38. The number of piperazine rings is 1. The first-order chi connectivity index (χ1) is 10.2. The molecule has 109 valence electrons. The van der Waals surface area contributed by atoms with Crippen LogP contribution in [-0.4, -0.2) is 31.1 Å². The van der Waals surface area contributed by atoms with Crippen LogP contribution >= 0.6 is 11.6 Å². The summed E-state index contributed by atoms with van der Waals surface area (Å²) < 4.78 is 0. The molecule has 0 N–H and O–H groups in total. The quantitative estimate of drug-likeness (QED) is 0.862. The van der Waals surface area contributed by atoms with E-state index in [4.69, 9.17) is 11.6 Å². The van der Waals surface area contributed by atoms with Gasteiger partial charge in [-0.05, 0) is 42.0 Å². The maximum Gasteiger partial charge on any atom is 0.178 e. The SMILES string of the molecule is [O]c1ccc(N2CCN(Cc3ccc(Cl)cc3)CC2)cc1. The fraction of sp³-hybridized carbons (Fsp3) is 0.294. The van der Waals surface area contributed by atoms with E-state index in [1.54, 1.807) is 12.1 Å². The fourth-order valence-electron chi connectivity index (χ4n) is 2.67. The Morgan fingerprint density at radius 2 is 1.48 bits per heavy atom. The summed E-state index contributed by atoms with van der Waals surface area (Å²) in [7, 11) is 0. The zero-order valence-corrected chi connectivity index (χ0v) is 12.6. The molecule has 0 unspecified atom stereocenters. The van der Waals surface area contributed by atoms with Crippen molar-refractivity contribution < 1.29 is 5.11 Å². The molecule has 21 heavy (non-hydrogen) atoms. The van der Waals surface area contributed by atoms with Crippen LogP contribution < -0.4 is 4.90 Å². The van der Waals surface area contributed by atoms with E-state index in [0.717, 1.165) is 43.4 Å². The molecule has 2 aromatic carbocycles. The highest BCUT2D eigenvalue weighted by Crippen LogP contribution is 2.21. The van der Waals surface area contributed by atoms with Crippen LogP contribution in [0.5, 0.6) is 5.75 Å². The van der Waals surface area contributed by atoms with E-state index in [0.29, 0.717) is 0 Å². The second-order valence-corrected chi connectivity index (χ2v) is 5.82. The summed E-state index contributed by atoms with van der Waals surface area (Å²) in [5.74, 6) is 0.0696. The van der Waals surface area contributed by atoms with Crippen molar-refractivity contribution in [3.63, 3.8) is 0 Å². The molecule has 3 rings (SSSR count). The Kier molecular flexibility index (Phi) is 4.32. The van der Waals surface area contributed by atoms with Gasteiger partial charge in [-0.25, -0.2) is 0 Å². The van der Waals surface area contributed by atoms with Crippen LogP contribution in [0.4, 0.5) is 5.69 Å². The molecule has 0 saturated carbocycles. The molecule has 1 aliphatic rings. The third-order valence-corrected chi connectivity index (χ3v) is 4.15. The molecular weight excluding hydrogens is 284 g/mol. The third kappa shape index (κ3) is 3.69. The van der Waals surface area contributed by atoms with Crippen molar-refractivity contribution in [3.05, 3.63) is 59.1 Å². The normalized spacial score (nSPS) is 16.1. The maximum absolute atomic E-state index is 11.1. The van der Waals surface area contributed by atoms with Crippen molar-refractivity contribution in [2.75, 3.05) is 31.1 Å². The summed E-state index contributed by atoms with van der Waals surface area (Å²) in [5, 5.41) is 11.9. The summed E-state index contributed by atoms with van der Waals surface area (Å²) in [4.78, 5) is 4.78. The van der Waals surface area contributed by atoms with Gasteiger partial charge in [-0.3, -0.25) is 10.0 Å². The summed E-state index contributed by atoms with van der Waals surface area (Å²) in [6, 6.07) is 15.2. The number of nitrogens with zero attached hydrogens (tertiary/aromatic N) is 2. The van der Waals surface area contributed by atoms with E-state index < -0.39 is 0 Å². The number of hydrogen-bond donors (Lipinski definition) is 0. The van der Waals surface area contributed by atoms with Crippen LogP contribution in [0.3, 0.4) is 0 Å². The third-order valence-electron chi connectivity index (χ3n) is 3.89. The zero-order valence-electron chi connectivity index (χ0n) is 11.8. The van der Waals surface area contributed by atoms with Crippen LogP contribution in [-0.2, 0) is 11.7 Å². The van der Waals surface area contributed by atoms with Gasteiger partial charge >= 0.3 is 0 Å². The van der Waals surface area contributed by atoms with Crippen molar-refractivity contribution in [2.45, 2.75) is 6.54 Å². The Bertz CT molecular complexity index is 575. The molecule has 0 spiro atoms. The monoisotopic (exact) mass is 301 g/mol. The van der Waals surface area contributed by atoms with Gasteiger partial charge in [-0.2, -0.15) is 0 Å². The fourth-order valence-corrected chi connectivity index (χ4v) is 2.80. The highest BCUT2D eigenvalue weighted by Gasteiger charge is 2.17. The second kappa shape index (κ2) is 6.37. The van der Waals surface area contributed by atoms with Gasteiger partial charge in [0.2, 0.25) is 0 Å². The molecule has 0 aromatic heterocycles. The average Bonchev–Trinajstić information content (AvgIpc) is 2.51. The van der Waals surface area contributed by atoms with E-state index in [-0.39, 0.29) is 5.75 Å². The van der Waals surface area contributed by atoms with Gasteiger partial charge in [0.05, 0.1) is 0 Å². The van der Waals surface area contributed by atoms with Gasteiger partial charge in [-0.1, -0.05) is 23.7 Å². The minimum absolute atomic E-state index is 0.0696. The predicted molar refractivity (Wildman–Crippen MR) is 85.5 cm³/mol. The standard InChI is InChI=1S/C17H18ClN2O/c18-15-3-1-14(2-4-15)13-19-9-11-20(12-10-19)16-5-7-17(21)8-6-16/h1-8H,9-13H2. The summed E-state index contributed by atoms with van der Waals surface area (Å²) in [6.45, 7) is 5.01. The minimum atomic E-state index is 0.0696. The average molecular weight is 302 g/mol. The number of hydrogen-bond acceptors (Lipinski definition) is 2. The van der Waals surface area contributed by atoms with Crippen molar-refractivity contribution in [1.82, 2.24) is 4.90 Å². The topological polar surface area (TPSA) is 26.4 Å². The number of halogens is 1.